The number of carbonyl (C=O) groups excluding carboxylic acids is 2. The van der Waals surface area contributed by atoms with Crippen molar-refractivity contribution < 1.29 is 19.1 Å². The number of ether oxygens (including phenoxy) is 2. The Hall–Kier alpha value is -3.02. The Morgan fingerprint density at radius 1 is 0.964 bits per heavy atom. The van der Waals surface area contributed by atoms with E-state index >= 15 is 0 Å². The first-order chi connectivity index (χ1) is 13.3. The van der Waals surface area contributed by atoms with Crippen LogP contribution < -0.4 is 14.8 Å². The van der Waals surface area contributed by atoms with Gasteiger partial charge in [0, 0.05) is 12.7 Å². The Balaban J connectivity index is 1.85. The van der Waals surface area contributed by atoms with E-state index in [1.165, 1.54) is 4.90 Å². The Morgan fingerprint density at radius 2 is 1.50 bits per heavy atom. The van der Waals surface area contributed by atoms with Crippen molar-refractivity contribution in [2.75, 3.05) is 32.1 Å². The summed E-state index contributed by atoms with van der Waals surface area (Å²) >= 11 is 0. The number of hydrogen-bond acceptors (Lipinski definition) is 4. The molecule has 6 heteroatoms. The topological polar surface area (TPSA) is 67.9 Å². The molecule has 2 aromatic carbocycles. The van der Waals surface area contributed by atoms with Crippen LogP contribution in [0.4, 0.5) is 5.69 Å². The monoisotopic (exact) mass is 384 g/mol. The fourth-order valence-electron chi connectivity index (χ4n) is 2.91. The molecule has 0 saturated heterocycles. The Bertz CT molecular complexity index is 808. The molecule has 0 aromatic heterocycles. The van der Waals surface area contributed by atoms with Crippen LogP contribution in [0.2, 0.25) is 0 Å². The maximum atomic E-state index is 12.3. The summed E-state index contributed by atoms with van der Waals surface area (Å²) in [6.45, 7) is 8.25. The van der Waals surface area contributed by atoms with E-state index < -0.39 is 0 Å². The lowest BCUT2D eigenvalue weighted by molar-refractivity contribution is -0.135. The van der Waals surface area contributed by atoms with Gasteiger partial charge in [-0.05, 0) is 63.1 Å². The minimum Gasteiger partial charge on any atom is -0.494 e. The van der Waals surface area contributed by atoms with Gasteiger partial charge in [-0.15, -0.1) is 0 Å². The quantitative estimate of drug-likeness (QED) is 0.757. The largest absolute Gasteiger partial charge is 0.494 e. The third-order valence-corrected chi connectivity index (χ3v) is 4.25. The van der Waals surface area contributed by atoms with Crippen molar-refractivity contribution in [1.82, 2.24) is 4.90 Å². The minimum atomic E-state index is -0.276. The fourth-order valence-corrected chi connectivity index (χ4v) is 2.91. The molecule has 0 unspecified atom stereocenters. The molecule has 0 fully saturated rings. The molecule has 2 amide bonds. The van der Waals surface area contributed by atoms with Gasteiger partial charge >= 0.3 is 0 Å². The summed E-state index contributed by atoms with van der Waals surface area (Å²) in [5.74, 6) is 0.797. The minimum absolute atomic E-state index is 0.0434. The van der Waals surface area contributed by atoms with E-state index in [9.17, 15) is 9.59 Å². The van der Waals surface area contributed by atoms with E-state index in [0.29, 0.717) is 12.4 Å². The van der Waals surface area contributed by atoms with Crippen LogP contribution in [0.1, 0.15) is 23.6 Å². The molecule has 2 aromatic rings. The standard InChI is InChI=1S/C22H28N2O4/c1-6-27-18-7-9-19(10-8-18)28-14-21(26)24(5)13-20(25)23-22-16(3)11-15(2)12-17(22)4/h7-12H,6,13-14H2,1-5H3,(H,23,25). The van der Waals surface area contributed by atoms with E-state index in [0.717, 1.165) is 28.1 Å². The number of amides is 2. The molecular formula is C22H28N2O4. The average Bonchev–Trinajstić information content (AvgIpc) is 2.64. The van der Waals surface area contributed by atoms with Crippen LogP contribution in [0.15, 0.2) is 36.4 Å². The number of likely N-dealkylation sites (N-methyl/N-ethyl adjacent to an activating group) is 1. The molecule has 0 spiro atoms. The van der Waals surface area contributed by atoms with Crippen LogP contribution in [0.5, 0.6) is 11.5 Å². The van der Waals surface area contributed by atoms with Crippen LogP contribution in [-0.2, 0) is 9.59 Å². The van der Waals surface area contributed by atoms with Crippen molar-refractivity contribution in [2.24, 2.45) is 0 Å². The van der Waals surface area contributed by atoms with Crippen molar-refractivity contribution in [1.29, 1.82) is 0 Å². The van der Waals surface area contributed by atoms with Crippen LogP contribution >= 0.6 is 0 Å². The van der Waals surface area contributed by atoms with Gasteiger partial charge in [0.25, 0.3) is 5.91 Å². The molecular weight excluding hydrogens is 356 g/mol. The highest BCUT2D eigenvalue weighted by atomic mass is 16.5. The summed E-state index contributed by atoms with van der Waals surface area (Å²) in [5, 5.41) is 2.90. The van der Waals surface area contributed by atoms with E-state index in [-0.39, 0.29) is 25.0 Å². The second-order valence-corrected chi connectivity index (χ2v) is 6.76. The zero-order valence-electron chi connectivity index (χ0n) is 17.2. The molecule has 0 heterocycles. The zero-order chi connectivity index (χ0) is 20.7. The van der Waals surface area contributed by atoms with Crippen LogP contribution in [0.3, 0.4) is 0 Å². The second-order valence-electron chi connectivity index (χ2n) is 6.76. The summed E-state index contributed by atoms with van der Waals surface area (Å²) in [6.07, 6.45) is 0. The normalized spacial score (nSPS) is 10.3. The maximum absolute atomic E-state index is 12.3. The average molecular weight is 384 g/mol. The number of aryl methyl sites for hydroxylation is 3. The second kappa shape index (κ2) is 9.78. The number of nitrogens with zero attached hydrogens (tertiary/aromatic N) is 1. The number of rotatable bonds is 8. The third-order valence-electron chi connectivity index (χ3n) is 4.25. The molecule has 0 bridgehead atoms. The first-order valence-corrected chi connectivity index (χ1v) is 9.27. The number of carbonyl (C=O) groups is 2. The molecule has 0 aliphatic heterocycles. The summed E-state index contributed by atoms with van der Waals surface area (Å²) < 4.78 is 10.9. The van der Waals surface area contributed by atoms with E-state index in [4.69, 9.17) is 9.47 Å². The predicted octanol–water partition coefficient (Wildman–Crippen LogP) is 3.49. The highest BCUT2D eigenvalue weighted by Crippen LogP contribution is 2.22. The van der Waals surface area contributed by atoms with Crippen molar-refractivity contribution in [2.45, 2.75) is 27.7 Å². The van der Waals surface area contributed by atoms with Gasteiger partial charge in [-0.1, -0.05) is 17.7 Å². The van der Waals surface area contributed by atoms with Crippen molar-refractivity contribution >= 4 is 17.5 Å². The third kappa shape index (κ3) is 6.01. The van der Waals surface area contributed by atoms with Gasteiger partial charge in [0.1, 0.15) is 11.5 Å². The van der Waals surface area contributed by atoms with Gasteiger partial charge in [0.2, 0.25) is 5.91 Å². The van der Waals surface area contributed by atoms with E-state index in [1.807, 2.05) is 39.8 Å². The van der Waals surface area contributed by atoms with E-state index in [1.54, 1.807) is 31.3 Å². The van der Waals surface area contributed by atoms with Gasteiger partial charge in [-0.2, -0.15) is 0 Å². The van der Waals surface area contributed by atoms with E-state index in [2.05, 4.69) is 5.32 Å². The number of anilines is 1. The molecule has 1 N–H and O–H groups in total. The summed E-state index contributed by atoms with van der Waals surface area (Å²) in [6, 6.07) is 11.1. The Kier molecular flexibility index (Phi) is 7.44. The molecule has 0 atom stereocenters. The molecule has 0 radical (unpaired) electrons. The Labute approximate surface area is 166 Å². The van der Waals surface area contributed by atoms with Gasteiger partial charge in [-0.25, -0.2) is 0 Å². The van der Waals surface area contributed by atoms with Crippen molar-refractivity contribution in [3.8, 4) is 11.5 Å². The lowest BCUT2D eigenvalue weighted by atomic mass is 10.1. The lowest BCUT2D eigenvalue weighted by Crippen LogP contribution is -2.37. The SMILES string of the molecule is CCOc1ccc(OCC(=O)N(C)CC(=O)Nc2c(C)cc(C)cc2C)cc1. The van der Waals surface area contributed by atoms with Gasteiger partial charge in [-0.3, -0.25) is 9.59 Å². The number of benzene rings is 2. The summed E-state index contributed by atoms with van der Waals surface area (Å²) in [4.78, 5) is 25.9. The smallest absolute Gasteiger partial charge is 0.260 e. The number of hydrogen-bond donors (Lipinski definition) is 1. The van der Waals surface area contributed by atoms with Crippen molar-refractivity contribution in [3.05, 3.63) is 53.1 Å². The summed E-state index contributed by atoms with van der Waals surface area (Å²) in [7, 11) is 1.58. The summed E-state index contributed by atoms with van der Waals surface area (Å²) in [5.41, 5.74) is 3.94. The maximum Gasteiger partial charge on any atom is 0.260 e. The first kappa shape index (κ1) is 21.3. The Morgan fingerprint density at radius 3 is 2.04 bits per heavy atom. The zero-order valence-corrected chi connectivity index (χ0v) is 17.2. The van der Waals surface area contributed by atoms with Crippen LogP contribution in [0.25, 0.3) is 0 Å². The first-order valence-electron chi connectivity index (χ1n) is 9.27. The fraction of sp³-hybridized carbons (Fsp3) is 0.364. The van der Waals surface area contributed by atoms with Crippen LogP contribution in [-0.4, -0.2) is 43.5 Å². The van der Waals surface area contributed by atoms with Crippen LogP contribution in [0, 0.1) is 20.8 Å². The molecule has 150 valence electrons. The number of nitrogens with one attached hydrogen (secondary N) is 1. The molecule has 0 aliphatic rings. The molecule has 6 nitrogen and oxygen atoms in total. The molecule has 2 rings (SSSR count). The van der Waals surface area contributed by atoms with Crippen molar-refractivity contribution in [3.63, 3.8) is 0 Å². The van der Waals surface area contributed by atoms with Gasteiger partial charge < -0.3 is 19.7 Å². The highest BCUT2D eigenvalue weighted by Gasteiger charge is 2.15. The highest BCUT2D eigenvalue weighted by molar-refractivity contribution is 5.95. The van der Waals surface area contributed by atoms with Gasteiger partial charge in [0.15, 0.2) is 6.61 Å². The lowest BCUT2D eigenvalue weighted by Gasteiger charge is -2.18. The molecule has 0 saturated carbocycles. The molecule has 0 aliphatic carbocycles. The van der Waals surface area contributed by atoms with Gasteiger partial charge in [0.05, 0.1) is 13.2 Å². The molecule has 28 heavy (non-hydrogen) atoms. The predicted molar refractivity (Wildman–Crippen MR) is 110 cm³/mol.